The Hall–Kier alpha value is -2.37. The van der Waals surface area contributed by atoms with Crippen LogP contribution >= 0.6 is 0 Å². The van der Waals surface area contributed by atoms with Crippen LogP contribution in [0.1, 0.15) is 28.8 Å². The van der Waals surface area contributed by atoms with Gasteiger partial charge in [-0.25, -0.2) is 4.68 Å². The van der Waals surface area contributed by atoms with E-state index in [1.165, 1.54) is 11.3 Å². The van der Waals surface area contributed by atoms with Gasteiger partial charge in [0, 0.05) is 24.3 Å². The molecule has 0 amide bonds. The molecule has 0 saturated heterocycles. The fourth-order valence-electron chi connectivity index (χ4n) is 3.10. The van der Waals surface area contributed by atoms with Crippen LogP contribution in [0.25, 0.3) is 5.69 Å². The lowest BCUT2D eigenvalue weighted by Gasteiger charge is -2.22. The lowest BCUT2D eigenvalue weighted by molar-refractivity contribution is 0.250. The third kappa shape index (κ3) is 3.83. The second-order valence-electron chi connectivity index (χ2n) is 6.52. The van der Waals surface area contributed by atoms with Gasteiger partial charge in [0.1, 0.15) is 5.76 Å². The Bertz CT molecular complexity index is 791. The van der Waals surface area contributed by atoms with Crippen molar-refractivity contribution in [1.82, 2.24) is 20.0 Å². The first-order valence-corrected chi connectivity index (χ1v) is 8.59. The second kappa shape index (κ2) is 7.68. The fraction of sp³-hybridized carbons (Fsp3) is 0.350. The highest BCUT2D eigenvalue weighted by atomic mass is 16.3. The Balaban J connectivity index is 1.70. The molecular formula is C20H26N4O. The van der Waals surface area contributed by atoms with Crippen molar-refractivity contribution in [2.24, 2.45) is 0 Å². The van der Waals surface area contributed by atoms with E-state index in [2.05, 4.69) is 50.3 Å². The van der Waals surface area contributed by atoms with E-state index in [1.54, 1.807) is 6.26 Å². The zero-order valence-corrected chi connectivity index (χ0v) is 15.4. The molecule has 0 radical (unpaired) electrons. The van der Waals surface area contributed by atoms with E-state index >= 15 is 0 Å². The first-order chi connectivity index (χ1) is 12.1. The molecule has 3 rings (SSSR count). The number of aryl methyl sites for hydroxylation is 1. The van der Waals surface area contributed by atoms with Crippen LogP contribution < -0.4 is 5.32 Å². The van der Waals surface area contributed by atoms with Crippen LogP contribution in [0.5, 0.6) is 0 Å². The first-order valence-electron chi connectivity index (χ1n) is 8.59. The molecule has 1 atom stereocenters. The molecule has 1 aromatic carbocycles. The van der Waals surface area contributed by atoms with Crippen molar-refractivity contribution < 1.29 is 4.42 Å². The number of hydrogen-bond donors (Lipinski definition) is 1. The topological polar surface area (TPSA) is 46.2 Å². The Morgan fingerprint density at radius 1 is 1.12 bits per heavy atom. The average molecular weight is 338 g/mol. The summed E-state index contributed by atoms with van der Waals surface area (Å²) in [6.07, 6.45) is 1.73. The average Bonchev–Trinajstić information content (AvgIpc) is 3.22. The standard InChI is InChI=1S/C20H26N4O/c1-15-18(16(2)24(22-15)17-9-6-5-7-10-17)13-21-14-19(23(3)4)20-11-8-12-25-20/h5-12,19,21H,13-14H2,1-4H3. The van der Waals surface area contributed by atoms with Gasteiger partial charge in [0.05, 0.1) is 23.7 Å². The zero-order valence-electron chi connectivity index (χ0n) is 15.4. The van der Waals surface area contributed by atoms with E-state index in [9.17, 15) is 0 Å². The summed E-state index contributed by atoms with van der Waals surface area (Å²) in [5.74, 6) is 0.978. The third-order valence-electron chi connectivity index (χ3n) is 4.58. The molecule has 2 heterocycles. The largest absolute Gasteiger partial charge is 0.468 e. The molecule has 0 aliphatic carbocycles. The summed E-state index contributed by atoms with van der Waals surface area (Å²) in [5, 5.41) is 8.27. The Kier molecular flexibility index (Phi) is 5.36. The van der Waals surface area contributed by atoms with E-state index in [4.69, 9.17) is 9.52 Å². The van der Waals surface area contributed by atoms with Gasteiger partial charge in [-0.2, -0.15) is 5.10 Å². The molecule has 3 aromatic rings. The summed E-state index contributed by atoms with van der Waals surface area (Å²) in [4.78, 5) is 2.17. The Labute approximate surface area is 149 Å². The molecule has 5 heteroatoms. The van der Waals surface area contributed by atoms with Crippen molar-refractivity contribution >= 4 is 0 Å². The van der Waals surface area contributed by atoms with Gasteiger partial charge in [0.15, 0.2) is 0 Å². The van der Waals surface area contributed by atoms with Crippen LogP contribution in [0.2, 0.25) is 0 Å². The molecule has 0 saturated carbocycles. The highest BCUT2D eigenvalue weighted by Crippen LogP contribution is 2.20. The first kappa shape index (κ1) is 17.5. The summed E-state index contributed by atoms with van der Waals surface area (Å²) < 4.78 is 7.59. The zero-order chi connectivity index (χ0) is 17.8. The van der Waals surface area contributed by atoms with Gasteiger partial charge in [-0.15, -0.1) is 0 Å². The Morgan fingerprint density at radius 3 is 2.52 bits per heavy atom. The van der Waals surface area contributed by atoms with Crippen LogP contribution in [0.15, 0.2) is 53.1 Å². The van der Waals surface area contributed by atoms with Gasteiger partial charge in [0.25, 0.3) is 0 Å². The lowest BCUT2D eigenvalue weighted by atomic mass is 10.1. The number of likely N-dealkylation sites (N-methyl/N-ethyl adjacent to an activating group) is 1. The van der Waals surface area contributed by atoms with Crippen LogP contribution in [-0.4, -0.2) is 35.3 Å². The quantitative estimate of drug-likeness (QED) is 0.716. The van der Waals surface area contributed by atoms with Crippen molar-refractivity contribution in [3.8, 4) is 5.69 Å². The van der Waals surface area contributed by atoms with Crippen molar-refractivity contribution in [3.05, 3.63) is 71.4 Å². The van der Waals surface area contributed by atoms with Crippen LogP contribution in [0.4, 0.5) is 0 Å². The summed E-state index contributed by atoms with van der Waals surface area (Å²) in [7, 11) is 4.14. The van der Waals surface area contributed by atoms with E-state index in [-0.39, 0.29) is 6.04 Å². The summed E-state index contributed by atoms with van der Waals surface area (Å²) in [6.45, 7) is 5.80. The molecule has 0 aliphatic heterocycles. The van der Waals surface area contributed by atoms with E-state index in [0.29, 0.717) is 0 Å². The number of rotatable bonds is 7. The molecule has 1 N–H and O–H groups in total. The summed E-state index contributed by atoms with van der Waals surface area (Å²) in [6, 6.07) is 14.4. The van der Waals surface area contributed by atoms with E-state index in [0.717, 1.165) is 30.2 Å². The maximum absolute atomic E-state index is 5.57. The van der Waals surface area contributed by atoms with Crippen LogP contribution in [0.3, 0.4) is 0 Å². The number of furan rings is 1. The number of aromatic nitrogens is 2. The number of nitrogens with one attached hydrogen (secondary N) is 1. The fourth-order valence-corrected chi connectivity index (χ4v) is 3.10. The van der Waals surface area contributed by atoms with E-state index < -0.39 is 0 Å². The number of hydrogen-bond acceptors (Lipinski definition) is 4. The van der Waals surface area contributed by atoms with Gasteiger partial charge in [0.2, 0.25) is 0 Å². The second-order valence-corrected chi connectivity index (χ2v) is 6.52. The minimum atomic E-state index is 0.208. The molecule has 0 aliphatic rings. The molecule has 0 bridgehead atoms. The minimum absolute atomic E-state index is 0.208. The molecule has 0 fully saturated rings. The highest BCUT2D eigenvalue weighted by Gasteiger charge is 2.18. The molecule has 5 nitrogen and oxygen atoms in total. The normalized spacial score (nSPS) is 12.7. The number of benzene rings is 1. The molecule has 2 aromatic heterocycles. The van der Waals surface area contributed by atoms with Crippen molar-refractivity contribution in [2.75, 3.05) is 20.6 Å². The minimum Gasteiger partial charge on any atom is -0.468 e. The predicted molar refractivity (Wildman–Crippen MR) is 99.9 cm³/mol. The SMILES string of the molecule is Cc1nn(-c2ccccc2)c(C)c1CNCC(c1ccco1)N(C)C. The lowest BCUT2D eigenvalue weighted by Crippen LogP contribution is -2.30. The maximum atomic E-state index is 5.57. The monoisotopic (exact) mass is 338 g/mol. The number of para-hydroxylation sites is 1. The summed E-state index contributed by atoms with van der Waals surface area (Å²) in [5.41, 5.74) is 4.58. The van der Waals surface area contributed by atoms with Crippen molar-refractivity contribution in [3.63, 3.8) is 0 Å². The maximum Gasteiger partial charge on any atom is 0.122 e. The van der Waals surface area contributed by atoms with Crippen molar-refractivity contribution in [1.29, 1.82) is 0 Å². The van der Waals surface area contributed by atoms with Crippen molar-refractivity contribution in [2.45, 2.75) is 26.4 Å². The predicted octanol–water partition coefficient (Wildman–Crippen LogP) is 3.47. The van der Waals surface area contributed by atoms with Gasteiger partial charge in [-0.1, -0.05) is 18.2 Å². The molecular weight excluding hydrogens is 312 g/mol. The van der Waals surface area contributed by atoms with Crippen LogP contribution in [-0.2, 0) is 6.54 Å². The smallest absolute Gasteiger partial charge is 0.122 e. The van der Waals surface area contributed by atoms with Gasteiger partial charge >= 0.3 is 0 Å². The summed E-state index contributed by atoms with van der Waals surface area (Å²) >= 11 is 0. The molecule has 25 heavy (non-hydrogen) atoms. The molecule has 1 unspecified atom stereocenters. The molecule has 0 spiro atoms. The van der Waals surface area contributed by atoms with Gasteiger partial charge in [-0.3, -0.25) is 4.90 Å². The van der Waals surface area contributed by atoms with Gasteiger partial charge in [-0.05, 0) is 52.2 Å². The highest BCUT2D eigenvalue weighted by molar-refractivity contribution is 5.36. The molecule has 132 valence electrons. The van der Waals surface area contributed by atoms with Gasteiger partial charge < -0.3 is 9.73 Å². The number of nitrogens with zero attached hydrogens (tertiary/aromatic N) is 3. The van der Waals surface area contributed by atoms with E-state index in [1.807, 2.05) is 35.0 Å². The third-order valence-corrected chi connectivity index (χ3v) is 4.58. The Morgan fingerprint density at radius 2 is 1.88 bits per heavy atom. The van der Waals surface area contributed by atoms with Crippen LogP contribution in [0, 0.1) is 13.8 Å².